The van der Waals surface area contributed by atoms with Gasteiger partial charge >= 0.3 is 12.2 Å². The Morgan fingerprint density at radius 3 is 2.56 bits per heavy atom. The highest BCUT2D eigenvalue weighted by atomic mass is 16.6. The number of piperidine rings is 1. The summed E-state index contributed by atoms with van der Waals surface area (Å²) in [5, 5.41) is 0. The Hall–Kier alpha value is -1.50. The van der Waals surface area contributed by atoms with Gasteiger partial charge in [0.15, 0.2) is 0 Å². The first-order valence-corrected chi connectivity index (χ1v) is 10.1. The Balaban J connectivity index is 1.34. The summed E-state index contributed by atoms with van der Waals surface area (Å²) < 4.78 is 34.1. The van der Waals surface area contributed by atoms with Gasteiger partial charge in [0.25, 0.3) is 0 Å². The molecule has 27 heavy (non-hydrogen) atoms. The Labute approximate surface area is 166 Å². The van der Waals surface area contributed by atoms with E-state index in [1.807, 2.05) is 11.8 Å². The highest BCUT2D eigenvalue weighted by Gasteiger charge is 2.60. The summed E-state index contributed by atoms with van der Waals surface area (Å²) in [4.78, 5) is 29.6. The van der Waals surface area contributed by atoms with Gasteiger partial charge in [-0.1, -0.05) is 0 Å². The van der Waals surface area contributed by atoms with Crippen LogP contribution in [0.1, 0.15) is 57.0 Å². The van der Waals surface area contributed by atoms with Crippen molar-refractivity contribution >= 4 is 12.2 Å². The predicted molar refractivity (Wildman–Crippen MR) is 101 cm³/mol. The van der Waals surface area contributed by atoms with Crippen LogP contribution in [0.3, 0.4) is 0 Å². The number of likely N-dealkylation sites (tertiary alicyclic amines) is 2. The van der Waals surface area contributed by atoms with Gasteiger partial charge in [0, 0.05) is 56.2 Å². The number of ether oxygens (including phenoxy) is 2. The maximum Gasteiger partial charge on any atom is 0.410 e. The van der Waals surface area contributed by atoms with E-state index >= 15 is 0 Å². The van der Waals surface area contributed by atoms with Crippen molar-refractivity contribution in [2.24, 2.45) is 5.41 Å². The van der Waals surface area contributed by atoms with Gasteiger partial charge in [0.05, 0.1) is 12.1 Å². The van der Waals surface area contributed by atoms with Gasteiger partial charge in [-0.2, -0.15) is 0 Å². The summed E-state index contributed by atoms with van der Waals surface area (Å²) in [5.74, 6) is 0. The van der Waals surface area contributed by atoms with Crippen LogP contribution in [-0.2, 0) is 9.47 Å². The van der Waals surface area contributed by atoms with E-state index in [1.165, 1.54) is 0 Å². The molecule has 1 saturated carbocycles. The smallest absolute Gasteiger partial charge is 0.410 e. The molecule has 4 rings (SSSR count). The first-order valence-electron chi connectivity index (χ1n) is 11.6. The maximum absolute atomic E-state index is 12.4. The van der Waals surface area contributed by atoms with E-state index in [4.69, 9.17) is 13.6 Å². The first kappa shape index (κ1) is 15.4. The van der Waals surface area contributed by atoms with Gasteiger partial charge in [-0.05, 0) is 45.4 Å². The van der Waals surface area contributed by atoms with Crippen molar-refractivity contribution < 1.29 is 23.2 Å². The molecular weight excluding hydrogens is 346 g/mol. The topological polar surface area (TPSA) is 62.3 Å². The van der Waals surface area contributed by atoms with Crippen LogP contribution in [0.2, 0.25) is 0 Å². The van der Waals surface area contributed by atoms with Crippen molar-refractivity contribution in [1.29, 1.82) is 0 Å². The molecule has 0 bridgehead atoms. The number of hydrogen-bond acceptors (Lipinski definition) is 5. The van der Waals surface area contributed by atoms with Crippen LogP contribution in [0.15, 0.2) is 0 Å². The third-order valence-corrected chi connectivity index (χ3v) is 7.56. The van der Waals surface area contributed by atoms with Crippen molar-refractivity contribution in [3.63, 3.8) is 0 Å². The average Bonchev–Trinajstić information content (AvgIpc) is 3.12. The minimum atomic E-state index is -2.51. The van der Waals surface area contributed by atoms with Gasteiger partial charge < -0.3 is 24.2 Å². The molecule has 0 unspecified atom stereocenters. The molecule has 0 atom stereocenters. The molecule has 0 radical (unpaired) electrons. The van der Waals surface area contributed by atoms with Crippen LogP contribution >= 0.6 is 0 Å². The lowest BCUT2D eigenvalue weighted by molar-refractivity contribution is -0.0793. The van der Waals surface area contributed by atoms with Gasteiger partial charge in [0.2, 0.25) is 0 Å². The van der Waals surface area contributed by atoms with E-state index in [-0.39, 0.29) is 11.5 Å². The van der Waals surface area contributed by atoms with Gasteiger partial charge in [-0.3, -0.25) is 0 Å². The summed E-state index contributed by atoms with van der Waals surface area (Å²) in [6, 6.07) is 0.475. The molecule has 3 aliphatic heterocycles. The Morgan fingerprint density at radius 2 is 1.96 bits per heavy atom. The van der Waals surface area contributed by atoms with Crippen molar-refractivity contribution in [3.8, 4) is 0 Å². The molecule has 0 N–H and O–H groups in total. The summed E-state index contributed by atoms with van der Waals surface area (Å²) >= 11 is 0. The largest absolute Gasteiger partial charge is 0.450 e. The van der Waals surface area contributed by atoms with Crippen molar-refractivity contribution in [3.05, 3.63) is 0 Å². The maximum atomic E-state index is 12.4. The Kier molecular flexibility index (Phi) is 3.58. The molecule has 0 aromatic heterocycles. The number of amides is 2. The third kappa shape index (κ3) is 2.80. The fraction of sp³-hybridized carbons (Fsp3) is 0.900. The summed E-state index contributed by atoms with van der Waals surface area (Å²) in [6.45, 7) is 6.45. The van der Waals surface area contributed by atoms with E-state index in [0.29, 0.717) is 25.5 Å². The number of rotatable bonds is 2. The molecule has 4 aliphatic rings. The second-order valence-electron chi connectivity index (χ2n) is 9.23. The molecule has 3 heterocycles. The van der Waals surface area contributed by atoms with E-state index < -0.39 is 24.2 Å². The number of likely N-dealkylation sites (N-methyl/N-ethyl adjacent to an activating group) is 1. The molecule has 0 aromatic carbocycles. The van der Waals surface area contributed by atoms with Crippen molar-refractivity contribution in [1.82, 2.24) is 14.7 Å². The number of hydrogen-bond donors (Lipinski definition) is 0. The molecule has 0 aromatic rings. The second kappa shape index (κ2) is 6.26. The van der Waals surface area contributed by atoms with E-state index in [9.17, 15) is 9.59 Å². The van der Waals surface area contributed by atoms with E-state index in [1.54, 1.807) is 13.8 Å². The molecule has 7 nitrogen and oxygen atoms in total. The normalized spacial score (nSPS) is 36.9. The van der Waals surface area contributed by atoms with Crippen LogP contribution in [0.25, 0.3) is 0 Å². The van der Waals surface area contributed by atoms with Gasteiger partial charge in [-0.25, -0.2) is 9.59 Å². The zero-order valence-corrected chi connectivity index (χ0v) is 16.6. The lowest BCUT2D eigenvalue weighted by Gasteiger charge is -2.54. The number of carbonyl (C=O) groups is 2. The van der Waals surface area contributed by atoms with Crippen LogP contribution in [-0.4, -0.2) is 83.8 Å². The Bertz CT molecular complexity index is 713. The van der Waals surface area contributed by atoms with Gasteiger partial charge in [0.1, 0.15) is 5.60 Å². The van der Waals surface area contributed by atoms with E-state index in [0.717, 1.165) is 50.3 Å². The highest BCUT2D eigenvalue weighted by Crippen LogP contribution is 2.52. The molecule has 7 heteroatoms. The average molecular weight is 383 g/mol. The lowest BCUT2D eigenvalue weighted by Crippen LogP contribution is -2.61. The first-order chi connectivity index (χ1) is 13.9. The molecule has 4 fully saturated rings. The number of carbonyl (C=O) groups excluding carboxylic acids is 2. The Morgan fingerprint density at radius 1 is 1.26 bits per heavy atom. The molecule has 2 amide bonds. The van der Waals surface area contributed by atoms with Crippen LogP contribution in [0.5, 0.6) is 0 Å². The third-order valence-electron chi connectivity index (χ3n) is 7.56. The van der Waals surface area contributed by atoms with Crippen LogP contribution in [0.4, 0.5) is 9.59 Å². The predicted octanol–water partition coefficient (Wildman–Crippen LogP) is 2.69. The lowest BCUT2D eigenvalue weighted by atomic mass is 9.63. The minimum absolute atomic E-state index is 0.207. The highest BCUT2D eigenvalue weighted by molar-refractivity contribution is 5.72. The molecular formula is C20H33N3O4. The molecule has 152 valence electrons. The number of nitrogens with zero attached hydrogens (tertiary/aromatic N) is 3. The fourth-order valence-electron chi connectivity index (χ4n) is 5.57. The molecule has 2 spiro atoms. The van der Waals surface area contributed by atoms with Crippen molar-refractivity contribution in [2.45, 2.75) is 70.1 Å². The standard InChI is InChI=1S/C20H33N3O4/c1-5-26-17(25)23-9-6-19(14-23)12-15(13-19)22-10-7-20(8-11-22)18(2,3)21(4)16(24)27-20/h15H,5-14H2,1-4H3/i4D3. The van der Waals surface area contributed by atoms with E-state index in [2.05, 4.69) is 4.90 Å². The van der Waals surface area contributed by atoms with Gasteiger partial charge in [-0.15, -0.1) is 0 Å². The quantitative estimate of drug-likeness (QED) is 0.735. The minimum Gasteiger partial charge on any atom is -0.450 e. The fourth-order valence-corrected chi connectivity index (χ4v) is 5.57. The zero-order chi connectivity index (χ0) is 21.9. The van der Waals surface area contributed by atoms with Crippen molar-refractivity contribution in [2.75, 3.05) is 39.8 Å². The monoisotopic (exact) mass is 382 g/mol. The molecule has 3 saturated heterocycles. The summed E-state index contributed by atoms with van der Waals surface area (Å²) in [5.41, 5.74) is -1.43. The summed E-state index contributed by atoms with van der Waals surface area (Å²) in [7, 11) is 0. The molecule has 1 aliphatic carbocycles. The zero-order valence-electron chi connectivity index (χ0n) is 19.6. The summed E-state index contributed by atoms with van der Waals surface area (Å²) in [6.07, 6.45) is 3.50. The van der Waals surface area contributed by atoms with Crippen LogP contribution in [0, 0.1) is 5.41 Å². The van der Waals surface area contributed by atoms with Crippen LogP contribution < -0.4 is 0 Å². The second-order valence-corrected chi connectivity index (χ2v) is 9.23. The SMILES string of the molecule is [2H]C([2H])([2H])N1C(=O)OC2(CCN(C3CC4(CCN(C(=O)OCC)C4)C3)CC2)C1(C)C.